The Hall–Kier alpha value is -1.06. The number of nitrogens with zero attached hydrogens (tertiary/aromatic N) is 1. The van der Waals surface area contributed by atoms with Gasteiger partial charge < -0.3 is 0 Å². The summed E-state index contributed by atoms with van der Waals surface area (Å²) in [4.78, 5) is 3.59. The molecular weight excluding hydrogens is 167 g/mol. The van der Waals surface area contributed by atoms with Crippen LogP contribution in [-0.2, 0) is 6.18 Å². The minimum atomic E-state index is -4.31. The van der Waals surface area contributed by atoms with Crippen LogP contribution in [0.15, 0.2) is 18.3 Å². The SMILES string of the molecule is C[CH]c1ncccc1C(F)(F)F. The largest absolute Gasteiger partial charge is 0.418 e. The van der Waals surface area contributed by atoms with Crippen LogP contribution in [0.5, 0.6) is 0 Å². The number of rotatable bonds is 1. The molecule has 0 unspecified atom stereocenters. The Morgan fingerprint density at radius 2 is 2.08 bits per heavy atom. The van der Waals surface area contributed by atoms with Gasteiger partial charge in [-0.2, -0.15) is 13.2 Å². The molecule has 0 aliphatic rings. The van der Waals surface area contributed by atoms with Crippen molar-refractivity contribution in [2.75, 3.05) is 0 Å². The molecule has 12 heavy (non-hydrogen) atoms. The first-order valence-corrected chi connectivity index (χ1v) is 3.37. The standard InChI is InChI=1S/C8H7F3N/c1-2-7-6(8(9,10)11)4-3-5-12-7/h2-5H,1H3. The van der Waals surface area contributed by atoms with Crippen molar-refractivity contribution in [2.45, 2.75) is 13.1 Å². The first kappa shape index (κ1) is 9.03. The minimum Gasteiger partial charge on any atom is -0.260 e. The Morgan fingerprint density at radius 3 is 2.50 bits per heavy atom. The van der Waals surface area contributed by atoms with E-state index in [2.05, 4.69) is 4.98 Å². The van der Waals surface area contributed by atoms with Gasteiger partial charge in [0.1, 0.15) is 0 Å². The van der Waals surface area contributed by atoms with E-state index < -0.39 is 11.7 Å². The third-order valence-corrected chi connectivity index (χ3v) is 1.42. The van der Waals surface area contributed by atoms with Gasteiger partial charge in [0.05, 0.1) is 11.3 Å². The Bertz CT molecular complexity index is 267. The van der Waals surface area contributed by atoms with Gasteiger partial charge in [-0.3, -0.25) is 4.98 Å². The molecule has 0 N–H and O–H groups in total. The topological polar surface area (TPSA) is 12.9 Å². The third kappa shape index (κ3) is 1.75. The molecule has 0 fully saturated rings. The lowest BCUT2D eigenvalue weighted by Crippen LogP contribution is -2.09. The van der Waals surface area contributed by atoms with Crippen molar-refractivity contribution in [3.05, 3.63) is 36.0 Å². The van der Waals surface area contributed by atoms with Crippen molar-refractivity contribution < 1.29 is 13.2 Å². The zero-order chi connectivity index (χ0) is 9.19. The molecule has 0 saturated carbocycles. The van der Waals surface area contributed by atoms with Crippen molar-refractivity contribution in [3.8, 4) is 0 Å². The van der Waals surface area contributed by atoms with Crippen molar-refractivity contribution in [2.24, 2.45) is 0 Å². The molecular formula is C8H7F3N. The second-order valence-electron chi connectivity index (χ2n) is 2.22. The van der Waals surface area contributed by atoms with Crippen LogP contribution in [0.2, 0.25) is 0 Å². The van der Waals surface area contributed by atoms with Crippen LogP contribution in [0.25, 0.3) is 0 Å². The van der Waals surface area contributed by atoms with Crippen LogP contribution in [0.1, 0.15) is 18.2 Å². The summed E-state index contributed by atoms with van der Waals surface area (Å²) in [6, 6.07) is 2.29. The maximum Gasteiger partial charge on any atom is 0.418 e. The smallest absolute Gasteiger partial charge is 0.260 e. The van der Waals surface area contributed by atoms with Gasteiger partial charge in [-0.15, -0.1) is 0 Å². The number of hydrogen-bond acceptors (Lipinski definition) is 1. The molecule has 0 aliphatic heterocycles. The van der Waals surface area contributed by atoms with E-state index in [0.29, 0.717) is 0 Å². The van der Waals surface area contributed by atoms with Gasteiger partial charge in [0, 0.05) is 12.6 Å². The van der Waals surface area contributed by atoms with E-state index in [1.165, 1.54) is 25.6 Å². The fourth-order valence-corrected chi connectivity index (χ4v) is 0.887. The lowest BCUT2D eigenvalue weighted by Gasteiger charge is -2.09. The van der Waals surface area contributed by atoms with Gasteiger partial charge in [-0.05, 0) is 12.1 Å². The van der Waals surface area contributed by atoms with E-state index in [-0.39, 0.29) is 5.69 Å². The van der Waals surface area contributed by atoms with E-state index >= 15 is 0 Å². The van der Waals surface area contributed by atoms with Crippen molar-refractivity contribution in [1.82, 2.24) is 4.98 Å². The maximum absolute atomic E-state index is 12.2. The molecule has 1 radical (unpaired) electrons. The van der Waals surface area contributed by atoms with E-state index in [1.807, 2.05) is 0 Å². The molecule has 0 saturated heterocycles. The summed E-state index contributed by atoms with van der Waals surface area (Å²) in [5, 5.41) is 0. The van der Waals surface area contributed by atoms with Gasteiger partial charge in [0.25, 0.3) is 0 Å². The van der Waals surface area contributed by atoms with Crippen LogP contribution in [-0.4, -0.2) is 4.98 Å². The van der Waals surface area contributed by atoms with Crippen LogP contribution < -0.4 is 0 Å². The van der Waals surface area contributed by atoms with E-state index in [0.717, 1.165) is 6.07 Å². The maximum atomic E-state index is 12.2. The molecule has 0 atom stereocenters. The van der Waals surface area contributed by atoms with Crippen molar-refractivity contribution in [3.63, 3.8) is 0 Å². The summed E-state index contributed by atoms with van der Waals surface area (Å²) in [6.45, 7) is 1.53. The van der Waals surface area contributed by atoms with Gasteiger partial charge in [-0.25, -0.2) is 0 Å². The predicted molar refractivity (Wildman–Crippen MR) is 38.3 cm³/mol. The average Bonchev–Trinajstić information content (AvgIpc) is 2.03. The zero-order valence-electron chi connectivity index (χ0n) is 6.39. The molecule has 65 valence electrons. The molecule has 0 aromatic carbocycles. The average molecular weight is 174 g/mol. The first-order chi connectivity index (χ1) is 5.55. The fraction of sp³-hybridized carbons (Fsp3) is 0.250. The summed E-state index contributed by atoms with van der Waals surface area (Å²) in [6.07, 6.45) is -1.64. The summed E-state index contributed by atoms with van der Waals surface area (Å²) in [5.74, 6) is 0. The van der Waals surface area contributed by atoms with Crippen LogP contribution in [0, 0.1) is 6.42 Å². The van der Waals surface area contributed by atoms with E-state index in [1.54, 1.807) is 0 Å². The Kier molecular flexibility index (Phi) is 2.35. The summed E-state index contributed by atoms with van der Waals surface area (Å²) >= 11 is 0. The van der Waals surface area contributed by atoms with Gasteiger partial charge in [-0.1, -0.05) is 6.92 Å². The van der Waals surface area contributed by atoms with E-state index in [9.17, 15) is 13.2 Å². The Morgan fingerprint density at radius 1 is 1.42 bits per heavy atom. The van der Waals surface area contributed by atoms with Crippen molar-refractivity contribution in [1.29, 1.82) is 0 Å². The highest BCUT2D eigenvalue weighted by molar-refractivity contribution is 5.27. The quantitative estimate of drug-likeness (QED) is 0.637. The zero-order valence-corrected chi connectivity index (χ0v) is 6.39. The van der Waals surface area contributed by atoms with Crippen LogP contribution in [0.4, 0.5) is 13.2 Å². The second-order valence-corrected chi connectivity index (χ2v) is 2.22. The highest BCUT2D eigenvalue weighted by Crippen LogP contribution is 2.31. The number of pyridine rings is 1. The van der Waals surface area contributed by atoms with E-state index in [4.69, 9.17) is 0 Å². The lowest BCUT2D eigenvalue weighted by molar-refractivity contribution is -0.138. The molecule has 1 aromatic rings. The molecule has 1 heterocycles. The second kappa shape index (κ2) is 3.13. The van der Waals surface area contributed by atoms with Crippen molar-refractivity contribution >= 4 is 0 Å². The molecule has 1 rings (SSSR count). The summed E-state index contributed by atoms with van der Waals surface area (Å²) in [7, 11) is 0. The number of aromatic nitrogens is 1. The minimum absolute atomic E-state index is 0.0231. The van der Waals surface area contributed by atoms with Gasteiger partial charge in [0.15, 0.2) is 0 Å². The molecule has 1 nitrogen and oxygen atoms in total. The fourth-order valence-electron chi connectivity index (χ4n) is 0.887. The molecule has 0 spiro atoms. The normalized spacial score (nSPS) is 11.7. The predicted octanol–water partition coefficient (Wildman–Crippen LogP) is 2.67. The molecule has 1 aromatic heterocycles. The highest BCUT2D eigenvalue weighted by atomic mass is 19.4. The number of halogens is 3. The third-order valence-electron chi connectivity index (χ3n) is 1.42. The Balaban J connectivity index is 3.14. The van der Waals surface area contributed by atoms with Gasteiger partial charge >= 0.3 is 6.18 Å². The van der Waals surface area contributed by atoms with Crippen LogP contribution >= 0.6 is 0 Å². The molecule has 4 heteroatoms. The summed E-state index contributed by atoms with van der Waals surface area (Å²) < 4.78 is 36.5. The first-order valence-electron chi connectivity index (χ1n) is 3.37. The van der Waals surface area contributed by atoms with Gasteiger partial charge in [0.2, 0.25) is 0 Å². The number of hydrogen-bond donors (Lipinski definition) is 0. The summed E-state index contributed by atoms with van der Waals surface area (Å²) in [5.41, 5.74) is -0.711. The molecule has 0 aliphatic carbocycles. The Labute approximate surface area is 68.2 Å². The highest BCUT2D eigenvalue weighted by Gasteiger charge is 2.33. The monoisotopic (exact) mass is 174 g/mol. The molecule has 0 bridgehead atoms. The number of alkyl halides is 3. The van der Waals surface area contributed by atoms with Crippen LogP contribution in [0.3, 0.4) is 0 Å². The lowest BCUT2D eigenvalue weighted by atomic mass is 10.1. The molecule has 0 amide bonds.